The van der Waals surface area contributed by atoms with Gasteiger partial charge in [-0.15, -0.1) is 0 Å². The first kappa shape index (κ1) is 16.7. The zero-order valence-electron chi connectivity index (χ0n) is 13.4. The van der Waals surface area contributed by atoms with Crippen LogP contribution in [0.25, 0.3) is 16.8 Å². The lowest BCUT2D eigenvalue weighted by molar-refractivity contribution is 0.0688. The van der Waals surface area contributed by atoms with E-state index in [0.29, 0.717) is 16.3 Å². The average Bonchev–Trinajstić information content (AvgIpc) is 3.02. The molecule has 26 heavy (non-hydrogen) atoms. The van der Waals surface area contributed by atoms with E-state index in [1.165, 1.54) is 6.20 Å². The van der Waals surface area contributed by atoms with E-state index >= 15 is 0 Å². The van der Waals surface area contributed by atoms with Crippen molar-refractivity contribution < 1.29 is 18.7 Å². The van der Waals surface area contributed by atoms with E-state index in [0.717, 1.165) is 10.1 Å². The Labute approximate surface area is 150 Å². The Morgan fingerprint density at radius 1 is 1.46 bits per heavy atom. The maximum absolute atomic E-state index is 13.5. The predicted octanol–water partition coefficient (Wildman–Crippen LogP) is 3.47. The standard InChI is InChI=1S/C17H12ClF2N3O3/c1-7-4-8(2-3-10(7)18)11-6-23-14(15(24)21-11)12(9-5-17(9,19)20)13(22-23)16(25)26/h2-4,6,9H,5H2,1H3,(H,21,24)(H,25,26). The Bertz CT molecular complexity index is 1140. The fourth-order valence-electron chi connectivity index (χ4n) is 3.08. The number of nitrogens with zero attached hydrogens (tertiary/aromatic N) is 2. The molecule has 1 aliphatic carbocycles. The SMILES string of the molecule is Cc1cc(-c2cn3nc(C(=O)O)c(C4CC4(F)F)c3c(=O)[nH]2)ccc1Cl. The van der Waals surface area contributed by atoms with Crippen LogP contribution in [0.1, 0.15) is 34.0 Å². The normalized spacial score (nSPS) is 18.2. The van der Waals surface area contributed by atoms with Crippen molar-refractivity contribution in [3.8, 4) is 11.3 Å². The number of aromatic nitrogens is 3. The second-order valence-corrected chi connectivity index (χ2v) is 6.75. The van der Waals surface area contributed by atoms with E-state index in [1.54, 1.807) is 25.1 Å². The van der Waals surface area contributed by atoms with Gasteiger partial charge in [-0.2, -0.15) is 5.10 Å². The molecule has 2 aromatic heterocycles. The van der Waals surface area contributed by atoms with Crippen molar-refractivity contribution >= 4 is 23.1 Å². The van der Waals surface area contributed by atoms with Crippen LogP contribution in [0.4, 0.5) is 8.78 Å². The number of aromatic amines is 1. The molecule has 9 heteroatoms. The number of halogens is 3. The highest BCUT2D eigenvalue weighted by Gasteiger charge is 2.60. The van der Waals surface area contributed by atoms with E-state index in [9.17, 15) is 23.5 Å². The van der Waals surface area contributed by atoms with Crippen molar-refractivity contribution in [2.75, 3.05) is 0 Å². The molecule has 6 nitrogen and oxygen atoms in total. The molecule has 0 radical (unpaired) electrons. The van der Waals surface area contributed by atoms with Crippen molar-refractivity contribution in [3.05, 3.63) is 56.6 Å². The number of H-pyrrole nitrogens is 1. The minimum Gasteiger partial charge on any atom is -0.476 e. The summed E-state index contributed by atoms with van der Waals surface area (Å²) in [6.45, 7) is 1.80. The van der Waals surface area contributed by atoms with Crippen LogP contribution >= 0.6 is 11.6 Å². The zero-order chi connectivity index (χ0) is 18.8. The molecule has 1 atom stereocenters. The van der Waals surface area contributed by atoms with Gasteiger partial charge in [0, 0.05) is 17.0 Å². The van der Waals surface area contributed by atoms with Crippen molar-refractivity contribution in [2.24, 2.45) is 0 Å². The van der Waals surface area contributed by atoms with Crippen LogP contribution in [0.15, 0.2) is 29.2 Å². The van der Waals surface area contributed by atoms with Gasteiger partial charge in [-0.05, 0) is 30.2 Å². The molecule has 1 aliphatic rings. The lowest BCUT2D eigenvalue weighted by Crippen LogP contribution is -2.13. The molecule has 1 fully saturated rings. The lowest BCUT2D eigenvalue weighted by atomic mass is 10.1. The number of carboxylic acid groups (broad SMARTS) is 1. The van der Waals surface area contributed by atoms with Gasteiger partial charge in [-0.25, -0.2) is 18.1 Å². The zero-order valence-corrected chi connectivity index (χ0v) is 14.1. The van der Waals surface area contributed by atoms with E-state index < -0.39 is 35.5 Å². The van der Waals surface area contributed by atoms with Gasteiger partial charge in [0.1, 0.15) is 5.52 Å². The highest BCUT2D eigenvalue weighted by molar-refractivity contribution is 6.31. The molecule has 1 saturated carbocycles. The summed E-state index contributed by atoms with van der Waals surface area (Å²) in [5.41, 5.74) is 0.207. The van der Waals surface area contributed by atoms with Gasteiger partial charge in [0.25, 0.3) is 11.5 Å². The summed E-state index contributed by atoms with van der Waals surface area (Å²) in [6.07, 6.45) is 0.919. The average molecular weight is 380 g/mol. The number of alkyl halides is 2. The topological polar surface area (TPSA) is 87.5 Å². The monoisotopic (exact) mass is 379 g/mol. The number of carboxylic acids is 1. The molecule has 0 aliphatic heterocycles. The molecule has 134 valence electrons. The maximum atomic E-state index is 13.5. The van der Waals surface area contributed by atoms with Gasteiger partial charge in [-0.1, -0.05) is 17.7 Å². The smallest absolute Gasteiger partial charge is 0.356 e. The molecule has 2 N–H and O–H groups in total. The van der Waals surface area contributed by atoms with E-state index in [1.807, 2.05) is 0 Å². The van der Waals surface area contributed by atoms with E-state index in [2.05, 4.69) is 10.1 Å². The second kappa shape index (κ2) is 5.38. The number of carbonyl (C=O) groups is 1. The van der Waals surface area contributed by atoms with Crippen molar-refractivity contribution in [3.63, 3.8) is 0 Å². The highest BCUT2D eigenvalue weighted by atomic mass is 35.5. The number of hydrogen-bond acceptors (Lipinski definition) is 3. The first-order chi connectivity index (χ1) is 12.2. The fourth-order valence-corrected chi connectivity index (χ4v) is 3.19. The van der Waals surface area contributed by atoms with Gasteiger partial charge in [0.2, 0.25) is 0 Å². The number of aromatic carboxylic acids is 1. The molecule has 1 unspecified atom stereocenters. The Kier molecular flexibility index (Phi) is 3.46. The van der Waals surface area contributed by atoms with Gasteiger partial charge in [0.15, 0.2) is 5.69 Å². The van der Waals surface area contributed by atoms with Crippen LogP contribution in [-0.4, -0.2) is 31.6 Å². The minimum atomic E-state index is -3.02. The molecular formula is C17H12ClF2N3O3. The molecule has 0 spiro atoms. The van der Waals surface area contributed by atoms with Gasteiger partial charge in [0.05, 0.1) is 17.8 Å². The van der Waals surface area contributed by atoms with Crippen LogP contribution in [0, 0.1) is 6.92 Å². The summed E-state index contributed by atoms with van der Waals surface area (Å²) in [6, 6.07) is 5.09. The Balaban J connectivity index is 1.95. The van der Waals surface area contributed by atoms with E-state index in [-0.39, 0.29) is 11.1 Å². The highest BCUT2D eigenvalue weighted by Crippen LogP contribution is 2.57. The van der Waals surface area contributed by atoms with Crippen LogP contribution in [0.5, 0.6) is 0 Å². The molecule has 0 bridgehead atoms. The Morgan fingerprint density at radius 3 is 2.73 bits per heavy atom. The number of aryl methyl sites for hydroxylation is 1. The fraction of sp³-hybridized carbons (Fsp3) is 0.235. The second-order valence-electron chi connectivity index (χ2n) is 6.34. The molecule has 2 heterocycles. The Morgan fingerprint density at radius 2 is 2.15 bits per heavy atom. The number of nitrogens with one attached hydrogen (secondary N) is 1. The van der Waals surface area contributed by atoms with Gasteiger partial charge >= 0.3 is 5.97 Å². The first-order valence-corrected chi connectivity index (χ1v) is 8.10. The third-order valence-electron chi connectivity index (χ3n) is 4.51. The third kappa shape index (κ3) is 2.48. The summed E-state index contributed by atoms with van der Waals surface area (Å²) in [5.74, 6) is -5.78. The molecule has 0 amide bonds. The lowest BCUT2D eigenvalue weighted by Gasteiger charge is -2.05. The number of benzene rings is 1. The van der Waals surface area contributed by atoms with Crippen LogP contribution in [0.3, 0.4) is 0 Å². The van der Waals surface area contributed by atoms with Crippen LogP contribution < -0.4 is 5.56 Å². The van der Waals surface area contributed by atoms with Gasteiger partial charge in [-0.3, -0.25) is 4.79 Å². The minimum absolute atomic E-state index is 0.168. The summed E-state index contributed by atoms with van der Waals surface area (Å²) >= 11 is 6.00. The number of fused-ring (bicyclic) bond motifs is 1. The maximum Gasteiger partial charge on any atom is 0.356 e. The van der Waals surface area contributed by atoms with Crippen LogP contribution in [0.2, 0.25) is 5.02 Å². The first-order valence-electron chi connectivity index (χ1n) is 7.72. The summed E-state index contributed by atoms with van der Waals surface area (Å²) in [7, 11) is 0. The van der Waals surface area contributed by atoms with E-state index in [4.69, 9.17) is 11.6 Å². The molecule has 1 aromatic carbocycles. The summed E-state index contributed by atoms with van der Waals surface area (Å²) < 4.78 is 28.1. The van der Waals surface area contributed by atoms with Crippen molar-refractivity contribution in [1.29, 1.82) is 0 Å². The number of hydrogen-bond donors (Lipinski definition) is 2. The van der Waals surface area contributed by atoms with Crippen LogP contribution in [-0.2, 0) is 0 Å². The molecular weight excluding hydrogens is 368 g/mol. The van der Waals surface area contributed by atoms with Crippen molar-refractivity contribution in [2.45, 2.75) is 25.2 Å². The summed E-state index contributed by atoms with van der Waals surface area (Å²) in [4.78, 5) is 26.6. The Hall–Kier alpha value is -2.74. The third-order valence-corrected chi connectivity index (χ3v) is 4.93. The number of rotatable bonds is 3. The molecule has 3 aromatic rings. The largest absolute Gasteiger partial charge is 0.476 e. The predicted molar refractivity (Wildman–Crippen MR) is 90.3 cm³/mol. The molecule has 0 saturated heterocycles. The van der Waals surface area contributed by atoms with Crippen molar-refractivity contribution in [1.82, 2.24) is 14.6 Å². The van der Waals surface area contributed by atoms with Gasteiger partial charge < -0.3 is 10.1 Å². The summed E-state index contributed by atoms with van der Waals surface area (Å²) in [5, 5.41) is 13.7. The quantitative estimate of drug-likeness (QED) is 0.729. The molecule has 4 rings (SSSR count).